The summed E-state index contributed by atoms with van der Waals surface area (Å²) in [5.41, 5.74) is 0.848. The van der Waals surface area contributed by atoms with Gasteiger partial charge in [-0.15, -0.1) is 0 Å². The summed E-state index contributed by atoms with van der Waals surface area (Å²) < 4.78 is 65.6. The van der Waals surface area contributed by atoms with Gasteiger partial charge in [0.15, 0.2) is 0 Å². The first-order chi connectivity index (χ1) is 11.2. The highest BCUT2D eigenvalue weighted by Crippen LogP contribution is 2.19. The topological polar surface area (TPSA) is 46.5 Å². The smallest absolute Gasteiger partial charge is 0.199 e. The zero-order valence-electron chi connectivity index (χ0n) is 12.7. The third-order valence-corrected chi connectivity index (χ3v) is 4.34. The molecule has 7 heteroatoms. The monoisotopic (exact) mass is 353 g/mol. The van der Waals surface area contributed by atoms with Crippen molar-refractivity contribution in [3.8, 4) is 0 Å². The van der Waals surface area contributed by atoms with Crippen LogP contribution in [-0.4, -0.2) is 20.3 Å². The molecule has 0 saturated heterocycles. The molecule has 0 radical (unpaired) electrons. The number of allylic oxidation sites excluding steroid dienone is 2. The maximum Gasteiger partial charge on any atom is 0.409 e. The molecule has 0 fully saturated rings. The minimum Gasteiger partial charge on any atom is -0.199 e. The molecule has 0 aliphatic carbocycles. The fraction of sp³-hybridized carbons (Fsp3) is 0.118. The van der Waals surface area contributed by atoms with Crippen LogP contribution in [0.3, 0.4) is 0 Å². The minimum atomic E-state index is -4.57. The number of halogens is 3. The maximum atomic E-state index is 12.4. The van der Waals surface area contributed by atoms with Crippen LogP contribution in [0.1, 0.15) is 11.1 Å². The lowest BCUT2D eigenvalue weighted by Gasteiger charge is -2.05. The summed E-state index contributed by atoms with van der Waals surface area (Å²) in [6.07, 6.45) is -3.95. The van der Waals surface area contributed by atoms with Crippen LogP contribution < -0.4 is 0 Å². The van der Waals surface area contributed by atoms with E-state index >= 15 is 0 Å². The van der Waals surface area contributed by atoms with Crippen molar-refractivity contribution in [1.29, 1.82) is 0 Å². The molecule has 0 atom stereocenters. The van der Waals surface area contributed by atoms with Crippen LogP contribution in [0.4, 0.5) is 13.2 Å². The summed E-state index contributed by atoms with van der Waals surface area (Å²) >= 11 is 0. The molecule has 2 aromatic rings. The Kier molecular flexibility index (Phi) is 5.23. The molecule has 0 aliphatic rings. The van der Waals surface area contributed by atoms with E-state index in [9.17, 15) is 21.6 Å². The average Bonchev–Trinajstić information content (AvgIpc) is 2.52. The number of alkyl halides is 3. The van der Waals surface area contributed by atoms with E-state index in [1.807, 2.05) is 0 Å². The van der Waals surface area contributed by atoms with Crippen molar-refractivity contribution in [3.05, 3.63) is 77.9 Å². The predicted molar refractivity (Wildman–Crippen MR) is 86.5 cm³/mol. The van der Waals surface area contributed by atoms with Gasteiger partial charge in [-0.3, -0.25) is 0 Å². The Morgan fingerprint density at radius 1 is 1.00 bits per heavy atom. The minimum absolute atomic E-state index is 0.0382. The van der Waals surface area contributed by atoms with Crippen LogP contribution in [0.5, 0.6) is 0 Å². The van der Waals surface area contributed by atoms with Crippen molar-refractivity contribution in [1.82, 2.24) is 0 Å². The number of aryl methyl sites for hydroxylation is 1. The van der Waals surface area contributed by atoms with Gasteiger partial charge in [0.2, 0.25) is 0 Å². The Morgan fingerprint density at radius 2 is 1.58 bits per heavy atom. The maximum absolute atomic E-state index is 12.4. The van der Waals surface area contributed by atoms with Crippen LogP contribution in [0.2, 0.25) is 0 Å². The van der Waals surface area contributed by atoms with Crippen molar-refractivity contribution >= 4 is 15.7 Å². The van der Waals surface area contributed by atoms with Gasteiger partial charge in [-0.25, -0.2) is 0 Å². The van der Waals surface area contributed by atoms with E-state index in [2.05, 4.69) is 4.40 Å². The zero-order chi connectivity index (χ0) is 17.8. The number of hydrogen-bond donors (Lipinski definition) is 0. The van der Waals surface area contributed by atoms with Gasteiger partial charge < -0.3 is 0 Å². The molecule has 0 unspecified atom stereocenters. The van der Waals surface area contributed by atoms with E-state index in [0.717, 1.165) is 5.56 Å². The Labute approximate surface area is 138 Å². The SMILES string of the molecule is Cc1ccc(S(=O)(=O)/N=C(/C=C/C(F)(F)F)c2ccccc2)cc1. The van der Waals surface area contributed by atoms with Gasteiger partial charge in [-0.1, -0.05) is 48.0 Å². The Hall–Kier alpha value is -2.41. The van der Waals surface area contributed by atoms with Crippen LogP contribution in [0.25, 0.3) is 0 Å². The molecular weight excluding hydrogens is 339 g/mol. The summed E-state index contributed by atoms with van der Waals surface area (Å²) in [6, 6.07) is 13.7. The standard InChI is InChI=1S/C17H14F3NO2S/c1-13-7-9-15(10-8-13)24(22,23)21-16(11-12-17(18,19)20)14-5-3-2-4-6-14/h2-12H,1H3/b12-11+,21-16-. The number of rotatable bonds is 4. The molecule has 24 heavy (non-hydrogen) atoms. The van der Waals surface area contributed by atoms with Gasteiger partial charge in [0.1, 0.15) is 0 Å². The molecule has 0 saturated carbocycles. The fourth-order valence-corrected chi connectivity index (χ4v) is 2.86. The number of sulfonamides is 1. The van der Waals surface area contributed by atoms with Gasteiger partial charge >= 0.3 is 6.18 Å². The molecule has 2 rings (SSSR count). The molecule has 0 N–H and O–H groups in total. The number of nitrogens with zero attached hydrogens (tertiary/aromatic N) is 1. The second-order valence-electron chi connectivity index (χ2n) is 5.01. The summed E-state index contributed by atoms with van der Waals surface area (Å²) in [6.45, 7) is 1.79. The molecule has 0 heterocycles. The van der Waals surface area contributed by atoms with Gasteiger partial charge in [0.25, 0.3) is 10.0 Å². The second kappa shape index (κ2) is 7.00. The first kappa shape index (κ1) is 17.9. The van der Waals surface area contributed by atoms with Gasteiger partial charge in [-0.2, -0.15) is 26.0 Å². The molecule has 3 nitrogen and oxygen atoms in total. The van der Waals surface area contributed by atoms with Crippen LogP contribution >= 0.6 is 0 Å². The normalized spacial score (nSPS) is 13.4. The van der Waals surface area contributed by atoms with Crippen molar-refractivity contribution in [2.24, 2.45) is 4.40 Å². The third kappa shape index (κ3) is 5.06. The zero-order valence-corrected chi connectivity index (χ0v) is 13.5. The van der Waals surface area contributed by atoms with E-state index in [-0.39, 0.29) is 22.2 Å². The first-order valence-corrected chi connectivity index (χ1v) is 8.34. The lowest BCUT2D eigenvalue weighted by atomic mass is 10.1. The Bertz CT molecular complexity index is 853. The van der Waals surface area contributed by atoms with Gasteiger partial charge in [0.05, 0.1) is 10.6 Å². The van der Waals surface area contributed by atoms with Gasteiger partial charge in [-0.05, 0) is 25.1 Å². The second-order valence-corrected chi connectivity index (χ2v) is 6.61. The molecule has 0 bridgehead atoms. The molecule has 0 aromatic heterocycles. The summed E-state index contributed by atoms with van der Waals surface area (Å²) in [4.78, 5) is -0.0815. The quantitative estimate of drug-likeness (QED) is 0.770. The highest BCUT2D eigenvalue weighted by Gasteiger charge is 2.23. The Morgan fingerprint density at radius 3 is 2.12 bits per heavy atom. The summed E-state index contributed by atoms with van der Waals surface area (Å²) in [5, 5.41) is 0. The highest BCUT2D eigenvalue weighted by atomic mass is 32.2. The van der Waals surface area contributed by atoms with Gasteiger partial charge in [0, 0.05) is 11.6 Å². The first-order valence-electron chi connectivity index (χ1n) is 6.90. The molecular formula is C17H14F3NO2S. The predicted octanol–water partition coefficient (Wildman–Crippen LogP) is 4.29. The third-order valence-electron chi connectivity index (χ3n) is 3.04. The lowest BCUT2D eigenvalue weighted by Crippen LogP contribution is -2.07. The molecule has 0 aliphatic heterocycles. The Balaban J connectivity index is 2.51. The fourth-order valence-electron chi connectivity index (χ4n) is 1.85. The largest absolute Gasteiger partial charge is 0.409 e. The van der Waals surface area contributed by atoms with Crippen molar-refractivity contribution < 1.29 is 21.6 Å². The van der Waals surface area contributed by atoms with Crippen LogP contribution in [-0.2, 0) is 10.0 Å². The highest BCUT2D eigenvalue weighted by molar-refractivity contribution is 7.90. The van der Waals surface area contributed by atoms with Crippen LogP contribution in [0.15, 0.2) is 76.0 Å². The molecule has 0 spiro atoms. The summed E-state index contributed by atoms with van der Waals surface area (Å²) in [7, 11) is -4.12. The lowest BCUT2D eigenvalue weighted by molar-refractivity contribution is -0.0797. The van der Waals surface area contributed by atoms with Crippen LogP contribution in [0, 0.1) is 6.92 Å². The van der Waals surface area contributed by atoms with E-state index in [1.165, 1.54) is 24.3 Å². The van der Waals surface area contributed by atoms with E-state index in [1.54, 1.807) is 37.3 Å². The molecule has 0 amide bonds. The van der Waals surface area contributed by atoms with E-state index in [0.29, 0.717) is 6.08 Å². The molecule has 126 valence electrons. The van der Waals surface area contributed by atoms with E-state index in [4.69, 9.17) is 0 Å². The molecule has 2 aromatic carbocycles. The summed E-state index contributed by atoms with van der Waals surface area (Å²) in [5.74, 6) is 0. The van der Waals surface area contributed by atoms with Crippen molar-refractivity contribution in [2.45, 2.75) is 18.0 Å². The average molecular weight is 353 g/mol. The number of benzene rings is 2. The number of hydrogen-bond acceptors (Lipinski definition) is 2. The van der Waals surface area contributed by atoms with Crippen molar-refractivity contribution in [3.63, 3.8) is 0 Å². The van der Waals surface area contributed by atoms with Crippen molar-refractivity contribution in [2.75, 3.05) is 0 Å². The van der Waals surface area contributed by atoms with E-state index < -0.39 is 16.2 Å².